The molecule has 112 valence electrons. The lowest BCUT2D eigenvalue weighted by Gasteiger charge is -2.49. The van der Waals surface area contributed by atoms with Crippen LogP contribution < -0.4 is 5.32 Å². The van der Waals surface area contributed by atoms with E-state index in [1.165, 1.54) is 71.0 Å². The second kappa shape index (κ2) is 7.08. The van der Waals surface area contributed by atoms with Crippen molar-refractivity contribution in [2.45, 2.75) is 83.7 Å². The van der Waals surface area contributed by atoms with E-state index in [0.717, 1.165) is 5.92 Å². The molecule has 2 aliphatic rings. The Morgan fingerprint density at radius 1 is 0.895 bits per heavy atom. The summed E-state index contributed by atoms with van der Waals surface area (Å²) in [5.41, 5.74) is 0.488. The lowest BCUT2D eigenvalue weighted by atomic mass is 9.79. The Morgan fingerprint density at radius 2 is 1.47 bits per heavy atom. The van der Waals surface area contributed by atoms with Gasteiger partial charge in [0.05, 0.1) is 0 Å². The third kappa shape index (κ3) is 3.95. The first-order valence-electron chi connectivity index (χ1n) is 8.62. The van der Waals surface area contributed by atoms with Crippen molar-refractivity contribution in [2.24, 2.45) is 5.92 Å². The fraction of sp³-hybridized carbons (Fsp3) is 1.00. The van der Waals surface area contributed by atoms with Crippen LogP contribution in [0.4, 0.5) is 0 Å². The van der Waals surface area contributed by atoms with Crippen molar-refractivity contribution in [3.05, 3.63) is 0 Å². The molecule has 2 nitrogen and oxygen atoms in total. The van der Waals surface area contributed by atoms with Gasteiger partial charge in [0.15, 0.2) is 0 Å². The minimum absolute atomic E-state index is 0.488. The van der Waals surface area contributed by atoms with Gasteiger partial charge in [0, 0.05) is 18.1 Å². The number of nitrogens with zero attached hydrogens (tertiary/aromatic N) is 1. The molecule has 0 radical (unpaired) electrons. The van der Waals surface area contributed by atoms with Gasteiger partial charge in [0.2, 0.25) is 0 Å². The molecule has 19 heavy (non-hydrogen) atoms. The van der Waals surface area contributed by atoms with E-state index in [2.05, 4.69) is 31.0 Å². The zero-order valence-electron chi connectivity index (χ0n) is 13.4. The van der Waals surface area contributed by atoms with Crippen molar-refractivity contribution in [3.8, 4) is 0 Å². The van der Waals surface area contributed by atoms with Crippen LogP contribution in [-0.4, -0.2) is 36.1 Å². The summed E-state index contributed by atoms with van der Waals surface area (Å²) in [6.07, 6.45) is 11.5. The molecule has 1 aliphatic heterocycles. The Morgan fingerprint density at radius 3 is 2.05 bits per heavy atom. The Bertz CT molecular complexity index is 250. The minimum Gasteiger partial charge on any atom is -0.312 e. The molecule has 0 aromatic heterocycles. The van der Waals surface area contributed by atoms with E-state index in [9.17, 15) is 0 Å². The maximum atomic E-state index is 3.85. The highest BCUT2D eigenvalue weighted by Gasteiger charge is 2.38. The predicted octanol–water partition coefficient (Wildman–Crippen LogP) is 3.81. The second-order valence-corrected chi connectivity index (χ2v) is 7.25. The summed E-state index contributed by atoms with van der Waals surface area (Å²) in [5.74, 6) is 0.738. The van der Waals surface area contributed by atoms with E-state index in [1.54, 1.807) is 0 Å². The highest BCUT2D eigenvalue weighted by Crippen LogP contribution is 2.35. The van der Waals surface area contributed by atoms with Crippen LogP contribution in [0.15, 0.2) is 0 Å². The molecular weight excluding hydrogens is 232 g/mol. The maximum Gasteiger partial charge on any atom is 0.0334 e. The first kappa shape index (κ1) is 15.3. The summed E-state index contributed by atoms with van der Waals surface area (Å²) in [4.78, 5) is 2.84. The van der Waals surface area contributed by atoms with Crippen LogP contribution >= 0.6 is 0 Å². The van der Waals surface area contributed by atoms with Crippen molar-refractivity contribution in [2.75, 3.05) is 19.6 Å². The van der Waals surface area contributed by atoms with E-state index in [1.807, 2.05) is 0 Å². The van der Waals surface area contributed by atoms with Gasteiger partial charge in [-0.1, -0.05) is 39.5 Å². The highest BCUT2D eigenvalue weighted by molar-refractivity contribution is 4.96. The molecule has 0 aromatic carbocycles. The lowest BCUT2D eigenvalue weighted by Crippen LogP contribution is -2.58. The molecule has 1 N–H and O–H groups in total. The number of hydrogen-bond acceptors (Lipinski definition) is 2. The third-order valence-corrected chi connectivity index (χ3v) is 5.56. The molecule has 1 unspecified atom stereocenters. The number of likely N-dealkylation sites (tertiary alicyclic amines) is 1. The number of nitrogens with one attached hydrogen (secondary N) is 1. The third-order valence-electron chi connectivity index (χ3n) is 5.56. The Labute approximate surface area is 120 Å². The molecule has 2 rings (SSSR count). The van der Waals surface area contributed by atoms with E-state index in [-0.39, 0.29) is 0 Å². The lowest BCUT2D eigenvalue weighted by molar-refractivity contribution is 0.0307. The fourth-order valence-corrected chi connectivity index (χ4v) is 3.77. The zero-order chi connectivity index (χ0) is 13.7. The zero-order valence-corrected chi connectivity index (χ0v) is 13.4. The standard InChI is InChI=1S/C17H34N2/c1-15(2)16(3)18-14-17(10-6-4-7-11-17)19-12-8-5-9-13-19/h15-16,18H,4-14H2,1-3H3. The van der Waals surface area contributed by atoms with Gasteiger partial charge in [-0.05, 0) is 51.6 Å². The SMILES string of the molecule is CC(C)C(C)NCC1(N2CCCCC2)CCCCC1. The summed E-state index contributed by atoms with van der Waals surface area (Å²) in [6, 6.07) is 0.642. The molecule has 1 saturated heterocycles. The van der Waals surface area contributed by atoms with E-state index in [4.69, 9.17) is 0 Å². The molecule has 1 saturated carbocycles. The Hall–Kier alpha value is -0.0800. The molecular formula is C17H34N2. The monoisotopic (exact) mass is 266 g/mol. The van der Waals surface area contributed by atoms with Crippen molar-refractivity contribution < 1.29 is 0 Å². The van der Waals surface area contributed by atoms with Gasteiger partial charge < -0.3 is 5.32 Å². The van der Waals surface area contributed by atoms with E-state index >= 15 is 0 Å². The van der Waals surface area contributed by atoms with Gasteiger partial charge in [0.25, 0.3) is 0 Å². The smallest absolute Gasteiger partial charge is 0.0334 e. The van der Waals surface area contributed by atoms with Gasteiger partial charge in [-0.2, -0.15) is 0 Å². The quantitative estimate of drug-likeness (QED) is 0.814. The summed E-state index contributed by atoms with van der Waals surface area (Å²) in [5, 5.41) is 3.85. The molecule has 0 bridgehead atoms. The molecule has 0 aromatic rings. The van der Waals surface area contributed by atoms with Crippen LogP contribution in [0.25, 0.3) is 0 Å². The summed E-state index contributed by atoms with van der Waals surface area (Å²) >= 11 is 0. The normalized spacial score (nSPS) is 26.5. The van der Waals surface area contributed by atoms with Gasteiger partial charge in [-0.3, -0.25) is 4.90 Å². The van der Waals surface area contributed by atoms with Gasteiger partial charge in [0.1, 0.15) is 0 Å². The molecule has 0 spiro atoms. The summed E-state index contributed by atoms with van der Waals surface area (Å²) < 4.78 is 0. The van der Waals surface area contributed by atoms with Crippen LogP contribution in [0, 0.1) is 5.92 Å². The van der Waals surface area contributed by atoms with E-state index in [0.29, 0.717) is 11.6 Å². The molecule has 1 heterocycles. The predicted molar refractivity (Wildman–Crippen MR) is 83.5 cm³/mol. The first-order chi connectivity index (χ1) is 9.14. The van der Waals surface area contributed by atoms with Crippen molar-refractivity contribution in [1.29, 1.82) is 0 Å². The first-order valence-corrected chi connectivity index (χ1v) is 8.62. The average molecular weight is 266 g/mol. The summed E-state index contributed by atoms with van der Waals surface area (Å²) in [7, 11) is 0. The van der Waals surface area contributed by atoms with E-state index < -0.39 is 0 Å². The Balaban J connectivity index is 1.97. The summed E-state index contributed by atoms with van der Waals surface area (Å²) in [6.45, 7) is 10.9. The molecule has 1 aliphatic carbocycles. The van der Waals surface area contributed by atoms with Gasteiger partial charge in [-0.25, -0.2) is 0 Å². The van der Waals surface area contributed by atoms with Crippen molar-refractivity contribution in [3.63, 3.8) is 0 Å². The fourth-order valence-electron chi connectivity index (χ4n) is 3.77. The topological polar surface area (TPSA) is 15.3 Å². The van der Waals surface area contributed by atoms with Crippen LogP contribution in [0.3, 0.4) is 0 Å². The van der Waals surface area contributed by atoms with Crippen LogP contribution in [0.2, 0.25) is 0 Å². The van der Waals surface area contributed by atoms with Gasteiger partial charge in [-0.15, -0.1) is 0 Å². The number of hydrogen-bond donors (Lipinski definition) is 1. The van der Waals surface area contributed by atoms with Crippen LogP contribution in [-0.2, 0) is 0 Å². The molecule has 2 fully saturated rings. The molecule has 2 heteroatoms. The van der Waals surface area contributed by atoms with Crippen LogP contribution in [0.1, 0.15) is 72.1 Å². The largest absolute Gasteiger partial charge is 0.312 e. The van der Waals surface area contributed by atoms with Crippen molar-refractivity contribution in [1.82, 2.24) is 10.2 Å². The average Bonchev–Trinajstić information content (AvgIpc) is 2.46. The highest BCUT2D eigenvalue weighted by atomic mass is 15.2. The second-order valence-electron chi connectivity index (χ2n) is 7.25. The van der Waals surface area contributed by atoms with Gasteiger partial charge >= 0.3 is 0 Å². The van der Waals surface area contributed by atoms with Crippen molar-refractivity contribution >= 4 is 0 Å². The Kier molecular flexibility index (Phi) is 5.70. The minimum atomic E-state index is 0.488. The number of piperidine rings is 1. The number of rotatable bonds is 5. The maximum absolute atomic E-state index is 3.85. The molecule has 0 amide bonds. The van der Waals surface area contributed by atoms with Crippen LogP contribution in [0.5, 0.6) is 0 Å². The molecule has 1 atom stereocenters.